The number of nitrogens with one attached hydrogen (secondary N) is 1. The molecule has 34 heavy (non-hydrogen) atoms. The summed E-state index contributed by atoms with van der Waals surface area (Å²) in [4.78, 5) is 7.19. The summed E-state index contributed by atoms with van der Waals surface area (Å²) in [5.41, 5.74) is 3.49. The maximum Gasteiger partial charge on any atom is 0.160 e. The van der Waals surface area contributed by atoms with Crippen LogP contribution in [0, 0.1) is 23.4 Å². The van der Waals surface area contributed by atoms with Gasteiger partial charge in [0.2, 0.25) is 0 Å². The van der Waals surface area contributed by atoms with E-state index in [-0.39, 0.29) is 17.8 Å². The molecule has 1 N–H and O–H groups in total. The summed E-state index contributed by atoms with van der Waals surface area (Å²) < 4.78 is 40.8. The molecule has 0 amide bonds. The molecule has 0 saturated carbocycles. The number of likely N-dealkylation sites (tertiary alicyclic amines) is 1. The lowest BCUT2D eigenvalue weighted by atomic mass is 9.85. The van der Waals surface area contributed by atoms with Crippen molar-refractivity contribution in [2.45, 2.75) is 25.4 Å². The molecule has 0 aliphatic carbocycles. The molecule has 3 nitrogen and oxygen atoms in total. The number of para-hydroxylation sites is 1. The number of benzene rings is 3. The van der Waals surface area contributed by atoms with Crippen molar-refractivity contribution in [2.24, 2.45) is 5.92 Å². The summed E-state index contributed by atoms with van der Waals surface area (Å²) in [6.45, 7) is 2.59. The smallest absolute Gasteiger partial charge is 0.160 e. The van der Waals surface area contributed by atoms with Gasteiger partial charge >= 0.3 is 0 Å². The van der Waals surface area contributed by atoms with E-state index in [4.69, 9.17) is 4.98 Å². The van der Waals surface area contributed by atoms with Gasteiger partial charge in [0.15, 0.2) is 11.6 Å². The van der Waals surface area contributed by atoms with Crippen LogP contribution in [0.3, 0.4) is 0 Å². The van der Waals surface area contributed by atoms with Gasteiger partial charge in [0.1, 0.15) is 5.82 Å². The Labute approximate surface area is 197 Å². The second-order valence-electron chi connectivity index (χ2n) is 8.91. The molecular formula is C28H26F3N3. The molecule has 1 unspecified atom stereocenters. The highest BCUT2D eigenvalue weighted by Gasteiger charge is 2.28. The van der Waals surface area contributed by atoms with Crippen LogP contribution in [0.1, 0.15) is 30.1 Å². The Hall–Kier alpha value is -3.38. The molecule has 1 aliphatic rings. The van der Waals surface area contributed by atoms with Crippen LogP contribution in [0.15, 0.2) is 78.9 Å². The molecule has 0 spiro atoms. The molecule has 1 atom stereocenters. The van der Waals surface area contributed by atoms with Crippen molar-refractivity contribution in [3.63, 3.8) is 0 Å². The second-order valence-corrected chi connectivity index (χ2v) is 8.91. The molecule has 1 fully saturated rings. The maximum absolute atomic E-state index is 13.8. The number of rotatable bonds is 6. The van der Waals surface area contributed by atoms with Crippen LogP contribution in [0.4, 0.5) is 18.9 Å². The van der Waals surface area contributed by atoms with Gasteiger partial charge in [0.05, 0.1) is 17.3 Å². The quantitative estimate of drug-likeness (QED) is 0.346. The fraction of sp³-hybridized carbons (Fsp3) is 0.250. The van der Waals surface area contributed by atoms with E-state index in [2.05, 4.69) is 28.4 Å². The highest BCUT2D eigenvalue weighted by Crippen LogP contribution is 2.34. The summed E-state index contributed by atoms with van der Waals surface area (Å²) >= 11 is 0. The topological polar surface area (TPSA) is 28.2 Å². The first-order valence-corrected chi connectivity index (χ1v) is 11.6. The number of hydrogen-bond donors (Lipinski definition) is 1. The third-order valence-corrected chi connectivity index (χ3v) is 6.62. The van der Waals surface area contributed by atoms with E-state index in [0.717, 1.165) is 60.7 Å². The fourth-order valence-electron chi connectivity index (χ4n) is 4.78. The fourth-order valence-corrected chi connectivity index (χ4v) is 4.78. The molecule has 1 aliphatic heterocycles. The molecule has 4 aromatic rings. The van der Waals surface area contributed by atoms with Crippen molar-refractivity contribution in [1.82, 2.24) is 9.88 Å². The van der Waals surface area contributed by atoms with Crippen molar-refractivity contribution in [3.05, 3.63) is 108 Å². The summed E-state index contributed by atoms with van der Waals surface area (Å²) in [6, 6.07) is 22.4. The Kier molecular flexibility index (Phi) is 6.50. The number of anilines is 1. The van der Waals surface area contributed by atoms with Crippen LogP contribution in [-0.2, 0) is 6.54 Å². The first-order chi connectivity index (χ1) is 16.5. The molecule has 174 valence electrons. The molecule has 2 heterocycles. The molecule has 1 saturated heterocycles. The Morgan fingerprint density at radius 3 is 2.38 bits per heavy atom. The van der Waals surface area contributed by atoms with Gasteiger partial charge in [-0.15, -0.1) is 0 Å². The van der Waals surface area contributed by atoms with Crippen molar-refractivity contribution in [3.8, 4) is 0 Å². The number of nitrogens with zero attached hydrogens (tertiary/aromatic N) is 2. The first-order valence-electron chi connectivity index (χ1n) is 11.6. The number of piperidine rings is 1. The zero-order valence-electron chi connectivity index (χ0n) is 18.7. The number of fused-ring (bicyclic) bond motifs is 1. The zero-order chi connectivity index (χ0) is 23.5. The zero-order valence-corrected chi connectivity index (χ0v) is 18.7. The van der Waals surface area contributed by atoms with E-state index in [9.17, 15) is 13.2 Å². The van der Waals surface area contributed by atoms with E-state index in [0.29, 0.717) is 5.69 Å². The van der Waals surface area contributed by atoms with E-state index in [1.807, 2.05) is 18.2 Å². The molecular weight excluding hydrogens is 435 g/mol. The average molecular weight is 462 g/mol. The van der Waals surface area contributed by atoms with E-state index >= 15 is 0 Å². The Balaban J connectivity index is 1.29. The highest BCUT2D eigenvalue weighted by atomic mass is 19.2. The van der Waals surface area contributed by atoms with Crippen molar-refractivity contribution in [1.29, 1.82) is 0 Å². The molecule has 0 radical (unpaired) electrons. The largest absolute Gasteiger partial charge is 0.378 e. The number of halogens is 3. The standard InChI is InChI=1S/C28H26F3N3/c29-22-8-5-20(6-9-22)28(33-23-11-12-25(30)26(31)17-23)21-13-15-34(16-14-21)18-24-10-7-19-3-1-2-4-27(19)32-24/h1-12,17,21,28,33H,13-16,18H2. The SMILES string of the molecule is Fc1ccc(C(Nc2ccc(F)c(F)c2)C2CCN(Cc3ccc4ccccc4n3)CC2)cc1. The number of aromatic nitrogens is 1. The van der Waals surface area contributed by atoms with Gasteiger partial charge in [-0.1, -0.05) is 36.4 Å². The normalized spacial score (nSPS) is 16.0. The summed E-state index contributed by atoms with van der Waals surface area (Å²) in [6.07, 6.45) is 1.85. The minimum atomic E-state index is -0.888. The summed E-state index contributed by atoms with van der Waals surface area (Å²) in [7, 11) is 0. The van der Waals surface area contributed by atoms with E-state index < -0.39 is 11.6 Å². The average Bonchev–Trinajstić information content (AvgIpc) is 2.86. The first kappa shape index (κ1) is 22.4. The van der Waals surface area contributed by atoms with Crippen LogP contribution < -0.4 is 5.32 Å². The van der Waals surface area contributed by atoms with Gasteiger partial charge in [-0.2, -0.15) is 0 Å². The Morgan fingerprint density at radius 1 is 0.853 bits per heavy atom. The summed E-state index contributed by atoms with van der Waals surface area (Å²) in [5, 5.41) is 4.51. The van der Waals surface area contributed by atoms with Crippen LogP contribution in [0.5, 0.6) is 0 Å². The highest BCUT2D eigenvalue weighted by molar-refractivity contribution is 5.78. The van der Waals surface area contributed by atoms with Crippen molar-refractivity contribution in [2.75, 3.05) is 18.4 Å². The number of pyridine rings is 1. The molecule has 0 bridgehead atoms. The lowest BCUT2D eigenvalue weighted by Crippen LogP contribution is -2.37. The van der Waals surface area contributed by atoms with Gasteiger partial charge in [0.25, 0.3) is 0 Å². The van der Waals surface area contributed by atoms with Crippen LogP contribution in [0.2, 0.25) is 0 Å². The predicted octanol–water partition coefficient (Wildman–Crippen LogP) is 6.72. The molecule has 3 aromatic carbocycles. The predicted molar refractivity (Wildman–Crippen MR) is 129 cm³/mol. The maximum atomic E-state index is 13.8. The van der Waals surface area contributed by atoms with Gasteiger partial charge in [-0.25, -0.2) is 13.2 Å². The van der Waals surface area contributed by atoms with Gasteiger partial charge < -0.3 is 5.32 Å². The van der Waals surface area contributed by atoms with Crippen LogP contribution in [0.25, 0.3) is 10.9 Å². The van der Waals surface area contributed by atoms with Crippen molar-refractivity contribution >= 4 is 16.6 Å². The second kappa shape index (κ2) is 9.85. The third-order valence-electron chi connectivity index (χ3n) is 6.62. The monoisotopic (exact) mass is 461 g/mol. The summed E-state index contributed by atoms with van der Waals surface area (Å²) in [5.74, 6) is -1.80. The Bertz CT molecular complexity index is 1270. The van der Waals surface area contributed by atoms with E-state index in [1.165, 1.54) is 24.3 Å². The Morgan fingerprint density at radius 2 is 1.62 bits per heavy atom. The van der Waals surface area contributed by atoms with Gasteiger partial charge in [-0.05, 0) is 73.8 Å². The van der Waals surface area contributed by atoms with E-state index in [1.54, 1.807) is 12.1 Å². The minimum Gasteiger partial charge on any atom is -0.378 e. The molecule has 6 heteroatoms. The lowest BCUT2D eigenvalue weighted by Gasteiger charge is -2.37. The van der Waals surface area contributed by atoms with Crippen LogP contribution in [-0.4, -0.2) is 23.0 Å². The minimum absolute atomic E-state index is 0.133. The molecule has 1 aromatic heterocycles. The van der Waals surface area contributed by atoms with Gasteiger partial charge in [0, 0.05) is 23.7 Å². The third kappa shape index (κ3) is 5.07. The molecule has 5 rings (SSSR count). The van der Waals surface area contributed by atoms with Crippen molar-refractivity contribution < 1.29 is 13.2 Å². The van der Waals surface area contributed by atoms with Crippen LogP contribution >= 0.6 is 0 Å². The lowest BCUT2D eigenvalue weighted by molar-refractivity contribution is 0.165. The number of hydrogen-bond acceptors (Lipinski definition) is 3. The van der Waals surface area contributed by atoms with Gasteiger partial charge in [-0.3, -0.25) is 9.88 Å².